The van der Waals surface area contributed by atoms with E-state index in [0.717, 1.165) is 0 Å². The molecule has 0 radical (unpaired) electrons. The molecule has 0 aromatic heterocycles. The van der Waals surface area contributed by atoms with Gasteiger partial charge in [0.1, 0.15) is 17.6 Å². The number of nitriles is 1. The molecule has 1 N–H and O–H groups in total. The fraction of sp³-hybridized carbons (Fsp3) is 0.188. The van der Waals surface area contributed by atoms with E-state index >= 15 is 0 Å². The number of sulfonamides is 1. The Morgan fingerprint density at radius 3 is 2.70 bits per heavy atom. The summed E-state index contributed by atoms with van der Waals surface area (Å²) in [6.07, 6.45) is 0. The molecule has 0 saturated heterocycles. The number of rotatable bonds is 6. The van der Waals surface area contributed by atoms with Crippen molar-refractivity contribution in [3.63, 3.8) is 0 Å². The van der Waals surface area contributed by atoms with E-state index in [9.17, 15) is 12.8 Å². The maximum absolute atomic E-state index is 13.1. The van der Waals surface area contributed by atoms with Crippen molar-refractivity contribution in [2.24, 2.45) is 0 Å². The molecule has 0 aliphatic rings. The second kappa shape index (κ2) is 7.22. The van der Waals surface area contributed by atoms with E-state index in [1.54, 1.807) is 13.0 Å². The zero-order valence-corrected chi connectivity index (χ0v) is 13.2. The molecule has 0 amide bonds. The smallest absolute Gasteiger partial charge is 0.240 e. The number of ether oxygens (including phenoxy) is 1. The van der Waals surface area contributed by atoms with Crippen molar-refractivity contribution < 1.29 is 17.5 Å². The highest BCUT2D eigenvalue weighted by molar-refractivity contribution is 7.89. The van der Waals surface area contributed by atoms with Crippen LogP contribution in [0.25, 0.3) is 0 Å². The monoisotopic (exact) mass is 334 g/mol. The zero-order chi connectivity index (χ0) is 16.9. The van der Waals surface area contributed by atoms with E-state index in [0.29, 0.717) is 17.9 Å². The van der Waals surface area contributed by atoms with Gasteiger partial charge >= 0.3 is 0 Å². The third-order valence-electron chi connectivity index (χ3n) is 3.04. The van der Waals surface area contributed by atoms with Crippen molar-refractivity contribution in [2.75, 3.05) is 6.61 Å². The van der Waals surface area contributed by atoms with Crippen LogP contribution in [-0.4, -0.2) is 15.0 Å². The van der Waals surface area contributed by atoms with Crippen molar-refractivity contribution in [2.45, 2.75) is 18.4 Å². The van der Waals surface area contributed by atoms with Crippen LogP contribution in [0.5, 0.6) is 5.75 Å². The van der Waals surface area contributed by atoms with Crippen LogP contribution >= 0.6 is 0 Å². The summed E-state index contributed by atoms with van der Waals surface area (Å²) in [5, 5.41) is 9.09. The minimum Gasteiger partial charge on any atom is -0.492 e. The highest BCUT2D eigenvalue weighted by atomic mass is 32.2. The molecule has 0 atom stereocenters. The van der Waals surface area contributed by atoms with Gasteiger partial charge in [-0.15, -0.1) is 0 Å². The average molecular weight is 334 g/mol. The Bertz CT molecular complexity index is 845. The lowest BCUT2D eigenvalue weighted by Crippen LogP contribution is -2.23. The van der Waals surface area contributed by atoms with E-state index in [4.69, 9.17) is 10.00 Å². The third-order valence-corrected chi connectivity index (χ3v) is 4.44. The number of halogens is 1. The Labute approximate surface area is 134 Å². The Morgan fingerprint density at radius 1 is 1.26 bits per heavy atom. The van der Waals surface area contributed by atoms with E-state index in [1.807, 2.05) is 6.07 Å². The lowest BCUT2D eigenvalue weighted by molar-refractivity contribution is 0.339. The third kappa shape index (κ3) is 4.28. The number of nitrogens with zero attached hydrogens (tertiary/aromatic N) is 1. The summed E-state index contributed by atoms with van der Waals surface area (Å²) in [5.41, 5.74) is 0.639. The molecule has 5 nitrogen and oxygen atoms in total. The van der Waals surface area contributed by atoms with Crippen LogP contribution in [0.4, 0.5) is 4.39 Å². The number of hydrogen-bond acceptors (Lipinski definition) is 4. The van der Waals surface area contributed by atoms with Crippen molar-refractivity contribution in [3.8, 4) is 11.8 Å². The summed E-state index contributed by atoms with van der Waals surface area (Å²) in [7, 11) is -3.81. The van der Waals surface area contributed by atoms with Crippen molar-refractivity contribution in [1.29, 1.82) is 5.26 Å². The van der Waals surface area contributed by atoms with Crippen LogP contribution in [0.2, 0.25) is 0 Å². The first-order chi connectivity index (χ1) is 11.0. The van der Waals surface area contributed by atoms with Crippen LogP contribution in [0.3, 0.4) is 0 Å². The van der Waals surface area contributed by atoms with Crippen LogP contribution in [0.1, 0.15) is 18.1 Å². The van der Waals surface area contributed by atoms with Gasteiger partial charge in [-0.05, 0) is 42.8 Å². The molecule has 2 rings (SSSR count). The van der Waals surface area contributed by atoms with Crippen LogP contribution in [-0.2, 0) is 16.6 Å². The Balaban J connectivity index is 2.21. The van der Waals surface area contributed by atoms with Crippen LogP contribution in [0.15, 0.2) is 47.4 Å². The second-order valence-corrected chi connectivity index (χ2v) is 6.42. The summed E-state index contributed by atoms with van der Waals surface area (Å²) in [5.74, 6) is -0.103. The minimum atomic E-state index is -3.81. The van der Waals surface area contributed by atoms with Gasteiger partial charge in [0.25, 0.3) is 0 Å². The zero-order valence-electron chi connectivity index (χ0n) is 12.4. The molecule has 0 heterocycles. The first kappa shape index (κ1) is 16.9. The molecule has 120 valence electrons. The first-order valence-electron chi connectivity index (χ1n) is 6.87. The Kier molecular flexibility index (Phi) is 5.32. The van der Waals surface area contributed by atoms with Gasteiger partial charge in [0, 0.05) is 6.54 Å². The standard InChI is InChI=1S/C16H15FN2O3S/c1-2-22-16-7-6-15(9-13(16)10-18)23(20,21)19-11-12-4-3-5-14(17)8-12/h3-9,19H,2,11H2,1H3. The van der Waals surface area contributed by atoms with E-state index in [-0.39, 0.29) is 17.0 Å². The second-order valence-electron chi connectivity index (χ2n) is 4.66. The fourth-order valence-corrected chi connectivity index (χ4v) is 3.00. The van der Waals surface area contributed by atoms with Crippen LogP contribution < -0.4 is 9.46 Å². The summed E-state index contributed by atoms with van der Waals surface area (Å²) >= 11 is 0. The molecular weight excluding hydrogens is 319 g/mol. The van der Waals surface area contributed by atoms with Gasteiger partial charge in [0.15, 0.2) is 0 Å². The maximum atomic E-state index is 13.1. The number of nitrogens with one attached hydrogen (secondary N) is 1. The molecule has 0 bridgehead atoms. The predicted molar refractivity (Wildman–Crippen MR) is 82.8 cm³/mol. The lowest BCUT2D eigenvalue weighted by Gasteiger charge is -2.10. The van der Waals surface area contributed by atoms with Gasteiger partial charge < -0.3 is 4.74 Å². The number of hydrogen-bond donors (Lipinski definition) is 1. The molecular formula is C16H15FN2O3S. The molecule has 0 fully saturated rings. The van der Waals surface area contributed by atoms with Crippen molar-refractivity contribution in [1.82, 2.24) is 4.72 Å². The molecule has 0 unspecified atom stereocenters. The Morgan fingerprint density at radius 2 is 2.04 bits per heavy atom. The maximum Gasteiger partial charge on any atom is 0.240 e. The van der Waals surface area contributed by atoms with E-state index in [2.05, 4.69) is 4.72 Å². The molecule has 0 aliphatic heterocycles. The average Bonchev–Trinajstić information content (AvgIpc) is 2.53. The predicted octanol–water partition coefficient (Wildman–Crippen LogP) is 2.57. The summed E-state index contributed by atoms with van der Waals surface area (Å²) in [6.45, 7) is 2.10. The topological polar surface area (TPSA) is 79.2 Å². The van der Waals surface area contributed by atoms with Gasteiger partial charge in [-0.3, -0.25) is 0 Å². The quantitative estimate of drug-likeness (QED) is 0.880. The Hall–Kier alpha value is -2.43. The summed E-state index contributed by atoms with van der Waals surface area (Å²) in [4.78, 5) is -0.0473. The largest absolute Gasteiger partial charge is 0.492 e. The van der Waals surface area contributed by atoms with E-state index < -0.39 is 15.8 Å². The normalized spacial score (nSPS) is 11.0. The van der Waals surface area contributed by atoms with Gasteiger partial charge in [0.2, 0.25) is 10.0 Å². The minimum absolute atomic E-state index is 0.0464. The molecule has 0 spiro atoms. The first-order valence-corrected chi connectivity index (χ1v) is 8.35. The summed E-state index contributed by atoms with van der Waals surface area (Å²) < 4.78 is 45.3. The van der Waals surface area contributed by atoms with E-state index in [1.165, 1.54) is 36.4 Å². The fourth-order valence-electron chi connectivity index (χ4n) is 1.95. The molecule has 23 heavy (non-hydrogen) atoms. The van der Waals surface area contributed by atoms with Crippen molar-refractivity contribution >= 4 is 10.0 Å². The van der Waals surface area contributed by atoms with Gasteiger partial charge in [0.05, 0.1) is 17.1 Å². The molecule has 2 aromatic carbocycles. The van der Waals surface area contributed by atoms with Gasteiger partial charge in [-0.1, -0.05) is 12.1 Å². The highest BCUT2D eigenvalue weighted by Crippen LogP contribution is 2.22. The molecule has 2 aromatic rings. The van der Waals surface area contributed by atoms with Gasteiger partial charge in [-0.2, -0.15) is 5.26 Å². The molecule has 0 saturated carbocycles. The summed E-state index contributed by atoms with van der Waals surface area (Å²) in [6, 6.07) is 11.6. The molecule has 7 heteroatoms. The van der Waals surface area contributed by atoms with Crippen LogP contribution in [0, 0.1) is 17.1 Å². The SMILES string of the molecule is CCOc1ccc(S(=O)(=O)NCc2cccc(F)c2)cc1C#N. The molecule has 0 aliphatic carbocycles. The lowest BCUT2D eigenvalue weighted by atomic mass is 10.2. The van der Waals surface area contributed by atoms with Crippen molar-refractivity contribution in [3.05, 3.63) is 59.4 Å². The number of benzene rings is 2. The van der Waals surface area contributed by atoms with Gasteiger partial charge in [-0.25, -0.2) is 17.5 Å². The highest BCUT2D eigenvalue weighted by Gasteiger charge is 2.16.